The third-order valence-electron chi connectivity index (χ3n) is 10.0. The zero-order chi connectivity index (χ0) is 48.1. The molecule has 24 heteroatoms. The fourth-order valence-electron chi connectivity index (χ4n) is 7.24. The lowest BCUT2D eigenvalue weighted by Crippen LogP contribution is -2.81. The molecule has 6 aromatic carbocycles. The third kappa shape index (κ3) is 7.63. The van der Waals surface area contributed by atoms with Crippen LogP contribution in [0.2, 0.25) is 0 Å². The molecule has 0 spiro atoms. The van der Waals surface area contributed by atoms with E-state index < -0.39 is 144 Å². The van der Waals surface area contributed by atoms with E-state index in [1.54, 1.807) is 0 Å². The van der Waals surface area contributed by atoms with Crippen molar-refractivity contribution >= 4 is 51.5 Å². The Morgan fingerprint density at radius 3 is 0.969 bits per heavy atom. The number of hydrogen-bond donors (Lipinski definition) is 1. The number of aromatic nitrogens is 1. The fraction of sp³-hybridized carbons (Fsp3) is 0.0488. The molecule has 0 saturated carbocycles. The smallest absolute Gasteiger partial charge is 0.369 e. The van der Waals surface area contributed by atoms with Crippen LogP contribution >= 0.6 is 12.6 Å². The molecule has 1 heterocycles. The van der Waals surface area contributed by atoms with Crippen molar-refractivity contribution in [3.05, 3.63) is 189 Å². The second kappa shape index (κ2) is 18.2. The van der Waals surface area contributed by atoms with Crippen molar-refractivity contribution in [3.63, 3.8) is 0 Å². The van der Waals surface area contributed by atoms with Crippen LogP contribution in [-0.4, -0.2) is 12.1 Å². The summed E-state index contributed by atoms with van der Waals surface area (Å²) in [6.07, 6.45) is -7.22. The predicted molar refractivity (Wildman–Crippen MR) is 193 cm³/mol. The molecule has 0 saturated heterocycles. The predicted octanol–water partition coefficient (Wildman–Crippen LogP) is 9.29. The summed E-state index contributed by atoms with van der Waals surface area (Å²) in [4.78, 5) is 0. The molecule has 7 rings (SSSR count). The standard InChI is InChI=1S/C24BF20.C17H15NOS/c26-5-1(6(27)14(35)21(42)13(5)34)25(2-7(28)15(36)22(43)16(37)8(2)29,3-9(30)17(38)23(44)18(39)10(3)31)4-11(32)19(40)24(45)20(41)12(4)33;20-13-19-17-11-10-15-8-4-5-9-16(15)18(17)12-14-6-2-1-3-7-14/h;1-11H,12-13H2/q-1;/p+1. The van der Waals surface area contributed by atoms with Crippen LogP contribution in [-0.2, 0) is 6.54 Å². The van der Waals surface area contributed by atoms with E-state index in [0.29, 0.717) is 5.94 Å². The number of rotatable bonds is 8. The van der Waals surface area contributed by atoms with E-state index in [0.717, 1.165) is 17.9 Å². The number of para-hydroxylation sites is 1. The molecule has 0 atom stereocenters. The zero-order valence-corrected chi connectivity index (χ0v) is 32.1. The summed E-state index contributed by atoms with van der Waals surface area (Å²) in [6, 6.07) is 22.8. The minimum absolute atomic E-state index is 0.368. The van der Waals surface area contributed by atoms with E-state index in [9.17, 15) is 52.7 Å². The summed E-state index contributed by atoms with van der Waals surface area (Å²) in [5, 5.41) is 1.20. The maximum absolute atomic E-state index is 15.4. The van der Waals surface area contributed by atoms with Gasteiger partial charge in [0.2, 0.25) is 5.52 Å². The Labute approximate surface area is 355 Å². The minimum Gasteiger partial charge on any atom is -0.434 e. The van der Waals surface area contributed by atoms with Crippen molar-refractivity contribution in [1.82, 2.24) is 0 Å². The van der Waals surface area contributed by atoms with Crippen LogP contribution in [0.25, 0.3) is 10.9 Å². The highest BCUT2D eigenvalue weighted by Gasteiger charge is 2.52. The van der Waals surface area contributed by atoms with E-state index in [-0.39, 0.29) is 0 Å². The van der Waals surface area contributed by atoms with Gasteiger partial charge in [0.05, 0.1) is 6.07 Å². The Kier molecular flexibility index (Phi) is 13.4. The van der Waals surface area contributed by atoms with Crippen molar-refractivity contribution in [2.75, 3.05) is 5.94 Å². The number of pyridine rings is 1. The lowest BCUT2D eigenvalue weighted by atomic mass is 9.12. The molecule has 0 amide bonds. The average Bonchev–Trinajstić information content (AvgIpc) is 3.30. The van der Waals surface area contributed by atoms with Gasteiger partial charge in [0.1, 0.15) is 58.6 Å². The fourth-order valence-corrected chi connectivity index (χ4v) is 7.37. The molecule has 0 unspecified atom stereocenters. The van der Waals surface area contributed by atoms with Crippen molar-refractivity contribution in [3.8, 4) is 5.88 Å². The lowest BCUT2D eigenvalue weighted by molar-refractivity contribution is -0.667. The molecule has 7 aromatic rings. The molecular weight excluding hydrogens is 945 g/mol. The number of hydrogen-bond acceptors (Lipinski definition) is 2. The van der Waals surface area contributed by atoms with Crippen LogP contribution in [0.3, 0.4) is 0 Å². The molecule has 0 radical (unpaired) electrons. The monoisotopic (exact) mass is 961 g/mol. The van der Waals surface area contributed by atoms with Gasteiger partial charge >= 0.3 is 5.88 Å². The van der Waals surface area contributed by atoms with Crippen molar-refractivity contribution in [2.24, 2.45) is 0 Å². The summed E-state index contributed by atoms with van der Waals surface area (Å²) in [7, 11) is 0. The SMILES string of the molecule is Fc1c(F)c(F)c([B-](c2c(F)c(F)c(F)c(F)c2F)(c2c(F)c(F)c(F)c(F)c2F)c2c(F)c(F)c(F)c(F)c2F)c(F)c1F.SCOc1ccc2ccccc2[n+]1Cc1ccccc1. The quantitative estimate of drug-likeness (QED) is 0.0305. The van der Waals surface area contributed by atoms with Gasteiger partial charge in [-0.1, -0.05) is 42.5 Å². The number of benzene rings is 6. The second-order valence-corrected chi connectivity index (χ2v) is 13.6. The number of halogens is 20. The number of nitrogens with zero attached hydrogens (tertiary/aromatic N) is 1. The molecule has 2 nitrogen and oxygen atoms in total. The number of ether oxygens (including phenoxy) is 1. The first-order valence-corrected chi connectivity index (χ1v) is 18.1. The first-order valence-electron chi connectivity index (χ1n) is 17.5. The zero-order valence-electron chi connectivity index (χ0n) is 31.2. The molecule has 0 N–H and O–H groups in total. The van der Waals surface area contributed by atoms with Gasteiger partial charge in [0.15, 0.2) is 76.4 Å². The Morgan fingerprint density at radius 1 is 0.354 bits per heavy atom. The third-order valence-corrected chi connectivity index (χ3v) is 10.1. The van der Waals surface area contributed by atoms with Crippen molar-refractivity contribution in [2.45, 2.75) is 6.54 Å². The van der Waals surface area contributed by atoms with Gasteiger partial charge in [-0.15, -0.1) is 34.5 Å². The normalized spacial score (nSPS) is 11.6. The molecule has 0 aliphatic carbocycles. The van der Waals surface area contributed by atoms with Gasteiger partial charge in [0.25, 0.3) is 0 Å². The molecular formula is C41H16BF20NOS. The van der Waals surface area contributed by atoms with Crippen LogP contribution in [0.5, 0.6) is 5.88 Å². The van der Waals surface area contributed by atoms with E-state index in [2.05, 4.69) is 59.7 Å². The van der Waals surface area contributed by atoms with E-state index in [4.69, 9.17) is 4.74 Å². The molecule has 1 aromatic heterocycles. The molecule has 340 valence electrons. The summed E-state index contributed by atoms with van der Waals surface area (Å²) >= 11 is 4.16. The van der Waals surface area contributed by atoms with Crippen LogP contribution < -0.4 is 31.2 Å². The maximum atomic E-state index is 15.4. The maximum Gasteiger partial charge on any atom is 0.369 e. The van der Waals surface area contributed by atoms with Crippen molar-refractivity contribution in [1.29, 1.82) is 0 Å². The second-order valence-electron chi connectivity index (χ2n) is 13.4. The van der Waals surface area contributed by atoms with Crippen LogP contribution in [0, 0.1) is 116 Å². The molecule has 0 aliphatic heterocycles. The number of fused-ring (bicyclic) bond motifs is 1. The minimum atomic E-state index is -7.22. The van der Waals surface area contributed by atoms with E-state index in [1.807, 2.05) is 24.3 Å². The number of thiol groups is 1. The topological polar surface area (TPSA) is 13.1 Å². The Bertz CT molecular complexity index is 2660. The summed E-state index contributed by atoms with van der Waals surface area (Å²) in [5.74, 6) is -70.2. The summed E-state index contributed by atoms with van der Waals surface area (Å²) in [6.45, 7) is 0.783. The van der Waals surface area contributed by atoms with E-state index >= 15 is 35.1 Å². The van der Waals surface area contributed by atoms with Gasteiger partial charge < -0.3 is 4.74 Å². The highest BCUT2D eigenvalue weighted by Crippen LogP contribution is 2.31. The van der Waals surface area contributed by atoms with Gasteiger partial charge in [-0.05, 0) is 12.1 Å². The van der Waals surface area contributed by atoms with Crippen LogP contribution in [0.4, 0.5) is 87.8 Å². The van der Waals surface area contributed by atoms with Crippen LogP contribution in [0.15, 0.2) is 66.7 Å². The Balaban J connectivity index is 0.000000289. The van der Waals surface area contributed by atoms with Crippen LogP contribution in [0.1, 0.15) is 5.56 Å². The summed E-state index contributed by atoms with van der Waals surface area (Å²) in [5.41, 5.74) is -11.9. The summed E-state index contributed by atoms with van der Waals surface area (Å²) < 4.78 is 302. The first kappa shape index (κ1) is 48.0. The first-order chi connectivity index (χ1) is 30.6. The largest absolute Gasteiger partial charge is 0.434 e. The molecule has 0 bridgehead atoms. The van der Waals surface area contributed by atoms with Gasteiger partial charge in [0, 0.05) is 17.0 Å². The highest BCUT2D eigenvalue weighted by atomic mass is 32.1. The van der Waals surface area contributed by atoms with Gasteiger partial charge in [-0.3, -0.25) is 0 Å². The molecule has 65 heavy (non-hydrogen) atoms. The Hall–Kier alpha value is -6.46. The highest BCUT2D eigenvalue weighted by molar-refractivity contribution is 7.80. The average molecular weight is 961 g/mol. The van der Waals surface area contributed by atoms with Gasteiger partial charge in [-0.25, -0.2) is 87.8 Å². The molecule has 0 aliphatic rings. The Morgan fingerprint density at radius 2 is 0.646 bits per heavy atom. The lowest BCUT2D eigenvalue weighted by Gasteiger charge is -2.44. The van der Waals surface area contributed by atoms with Gasteiger partial charge in [-0.2, -0.15) is 4.57 Å². The van der Waals surface area contributed by atoms with Crippen molar-refractivity contribution < 1.29 is 97.1 Å². The molecule has 0 fully saturated rings. The van der Waals surface area contributed by atoms with E-state index in [1.165, 1.54) is 10.9 Å².